The van der Waals surface area contributed by atoms with Crippen molar-refractivity contribution in [2.75, 3.05) is 20.1 Å². The van der Waals surface area contributed by atoms with Crippen molar-refractivity contribution in [3.8, 4) is 11.3 Å². The number of hydrogen-bond acceptors (Lipinski definition) is 3. The molecule has 0 unspecified atom stereocenters. The van der Waals surface area contributed by atoms with Gasteiger partial charge in [-0.25, -0.2) is 0 Å². The van der Waals surface area contributed by atoms with E-state index >= 15 is 0 Å². The van der Waals surface area contributed by atoms with Gasteiger partial charge in [-0.1, -0.05) is 12.1 Å². The minimum atomic E-state index is -4.36. The Morgan fingerprint density at radius 2 is 1.96 bits per heavy atom. The van der Waals surface area contributed by atoms with Crippen LogP contribution in [0.5, 0.6) is 0 Å². The minimum Gasteiger partial charge on any atom is -0.306 e. The topological polar surface area (TPSA) is 29.0 Å². The zero-order valence-corrected chi connectivity index (χ0v) is 12.8. The number of aromatic nitrogens is 2. The van der Waals surface area contributed by atoms with Gasteiger partial charge in [0, 0.05) is 30.4 Å². The first-order chi connectivity index (χ1) is 10.9. The van der Waals surface area contributed by atoms with Crippen LogP contribution in [0.1, 0.15) is 30.0 Å². The molecule has 1 saturated heterocycles. The summed E-state index contributed by atoms with van der Waals surface area (Å²) in [7, 11) is 2.05. The van der Waals surface area contributed by atoms with Crippen LogP contribution in [0.3, 0.4) is 0 Å². The van der Waals surface area contributed by atoms with E-state index in [0.717, 1.165) is 43.8 Å². The molecule has 1 aromatic carbocycles. The van der Waals surface area contributed by atoms with Gasteiger partial charge < -0.3 is 4.90 Å². The second kappa shape index (κ2) is 6.28. The molecular weight excluding hydrogens is 303 g/mol. The highest BCUT2D eigenvalue weighted by atomic mass is 19.4. The number of rotatable bonds is 2. The van der Waals surface area contributed by atoms with Crippen LogP contribution in [0.2, 0.25) is 0 Å². The second-order valence-electron chi connectivity index (χ2n) is 5.97. The van der Waals surface area contributed by atoms with Crippen molar-refractivity contribution in [3.63, 3.8) is 0 Å². The average molecular weight is 321 g/mol. The number of benzene rings is 1. The largest absolute Gasteiger partial charge is 0.416 e. The fourth-order valence-corrected chi connectivity index (χ4v) is 3.10. The van der Waals surface area contributed by atoms with Crippen LogP contribution in [-0.4, -0.2) is 35.0 Å². The zero-order valence-electron chi connectivity index (χ0n) is 12.8. The van der Waals surface area contributed by atoms with Crippen molar-refractivity contribution in [2.45, 2.75) is 24.9 Å². The lowest BCUT2D eigenvalue weighted by atomic mass is 9.91. The lowest BCUT2D eigenvalue weighted by Gasteiger charge is -2.30. The molecule has 122 valence electrons. The Morgan fingerprint density at radius 1 is 1.17 bits per heavy atom. The van der Waals surface area contributed by atoms with Gasteiger partial charge in [-0.2, -0.15) is 13.2 Å². The van der Waals surface area contributed by atoms with Crippen LogP contribution in [0.4, 0.5) is 13.2 Å². The van der Waals surface area contributed by atoms with Crippen molar-refractivity contribution < 1.29 is 13.2 Å². The summed E-state index contributed by atoms with van der Waals surface area (Å²) in [6.07, 6.45) is 0.824. The maximum absolute atomic E-state index is 12.9. The number of likely N-dealkylation sites (tertiary alicyclic amines) is 1. The van der Waals surface area contributed by atoms with Gasteiger partial charge in [-0.15, -0.1) is 0 Å². The van der Waals surface area contributed by atoms with Gasteiger partial charge in [-0.3, -0.25) is 9.97 Å². The molecule has 1 aromatic heterocycles. The van der Waals surface area contributed by atoms with Crippen molar-refractivity contribution in [3.05, 3.63) is 47.9 Å². The maximum atomic E-state index is 12.9. The number of likely N-dealkylation sites (N-methyl/N-ethyl adjacent to an activating group) is 1. The summed E-state index contributed by atoms with van der Waals surface area (Å²) >= 11 is 0. The summed E-state index contributed by atoms with van der Waals surface area (Å²) in [5.74, 6) is 0.201. The molecule has 1 fully saturated rings. The average Bonchev–Trinajstić information content (AvgIpc) is 2.54. The van der Waals surface area contributed by atoms with Crippen molar-refractivity contribution in [2.24, 2.45) is 0 Å². The Kier molecular flexibility index (Phi) is 4.35. The van der Waals surface area contributed by atoms with E-state index in [2.05, 4.69) is 14.9 Å². The first-order valence-electron chi connectivity index (χ1n) is 7.62. The van der Waals surface area contributed by atoms with Gasteiger partial charge >= 0.3 is 6.18 Å². The first kappa shape index (κ1) is 15.9. The minimum absolute atomic E-state index is 0.201. The normalized spacial score (nSPS) is 19.7. The van der Waals surface area contributed by atoms with E-state index in [1.165, 1.54) is 12.3 Å². The van der Waals surface area contributed by atoms with E-state index in [0.29, 0.717) is 11.3 Å². The summed E-state index contributed by atoms with van der Waals surface area (Å²) in [6.45, 7) is 1.89. The predicted octanol–water partition coefficient (Wildman–Crippen LogP) is 3.97. The summed E-state index contributed by atoms with van der Waals surface area (Å²) in [5.41, 5.74) is 1.15. The molecule has 1 aliphatic rings. The van der Waals surface area contributed by atoms with Gasteiger partial charge in [-0.05, 0) is 38.6 Å². The first-order valence-corrected chi connectivity index (χ1v) is 7.62. The lowest BCUT2D eigenvalue weighted by Crippen LogP contribution is -2.31. The van der Waals surface area contributed by atoms with Gasteiger partial charge in [0.2, 0.25) is 0 Å². The summed E-state index contributed by atoms with van der Waals surface area (Å²) < 4.78 is 38.8. The monoisotopic (exact) mass is 321 g/mol. The number of alkyl halides is 3. The van der Waals surface area contributed by atoms with Crippen LogP contribution < -0.4 is 0 Å². The highest BCUT2D eigenvalue weighted by molar-refractivity contribution is 5.63. The summed E-state index contributed by atoms with van der Waals surface area (Å²) in [5, 5.41) is 0. The third-order valence-corrected chi connectivity index (χ3v) is 4.20. The maximum Gasteiger partial charge on any atom is 0.416 e. The number of halogens is 3. The third-order valence-electron chi connectivity index (χ3n) is 4.20. The Balaban J connectivity index is 2.01. The van der Waals surface area contributed by atoms with Gasteiger partial charge in [0.25, 0.3) is 0 Å². The van der Waals surface area contributed by atoms with Crippen LogP contribution >= 0.6 is 0 Å². The van der Waals surface area contributed by atoms with Crippen LogP contribution in [0.15, 0.2) is 36.7 Å². The molecule has 2 heterocycles. The molecule has 0 aliphatic carbocycles. The Hall–Kier alpha value is -1.95. The molecule has 3 nitrogen and oxygen atoms in total. The molecule has 2 aromatic rings. The van der Waals surface area contributed by atoms with E-state index in [1.54, 1.807) is 12.3 Å². The van der Waals surface area contributed by atoms with Crippen LogP contribution in [0.25, 0.3) is 11.3 Å². The number of hydrogen-bond donors (Lipinski definition) is 0. The molecule has 1 aliphatic heterocycles. The fraction of sp³-hybridized carbons (Fsp3) is 0.412. The molecular formula is C17H18F3N3. The van der Waals surface area contributed by atoms with Crippen LogP contribution in [0, 0.1) is 0 Å². The highest BCUT2D eigenvalue weighted by Gasteiger charge is 2.31. The fourth-order valence-electron chi connectivity index (χ4n) is 3.10. The van der Waals surface area contributed by atoms with E-state index in [1.807, 2.05) is 7.05 Å². The zero-order chi connectivity index (χ0) is 16.4. The van der Waals surface area contributed by atoms with Gasteiger partial charge in [0.05, 0.1) is 17.0 Å². The Labute approximate surface area is 133 Å². The Morgan fingerprint density at radius 3 is 2.70 bits per heavy atom. The van der Waals surface area contributed by atoms with E-state index in [9.17, 15) is 13.2 Å². The quantitative estimate of drug-likeness (QED) is 0.838. The number of nitrogens with zero attached hydrogens (tertiary/aromatic N) is 3. The SMILES string of the molecule is CN1CCC[C@@H](c2nccnc2-c2cccc(C(F)(F)F)c2)C1. The Bertz CT molecular complexity index is 685. The van der Waals surface area contributed by atoms with E-state index in [4.69, 9.17) is 0 Å². The highest BCUT2D eigenvalue weighted by Crippen LogP contribution is 2.35. The van der Waals surface area contributed by atoms with Crippen molar-refractivity contribution in [1.82, 2.24) is 14.9 Å². The van der Waals surface area contributed by atoms with Crippen LogP contribution in [-0.2, 0) is 6.18 Å². The third kappa shape index (κ3) is 3.52. The molecule has 0 radical (unpaired) electrons. The molecule has 1 atom stereocenters. The van der Waals surface area contributed by atoms with Crippen molar-refractivity contribution in [1.29, 1.82) is 0 Å². The molecule has 0 N–H and O–H groups in total. The van der Waals surface area contributed by atoms with Crippen molar-refractivity contribution >= 4 is 0 Å². The second-order valence-corrected chi connectivity index (χ2v) is 5.97. The van der Waals surface area contributed by atoms with E-state index in [-0.39, 0.29) is 5.92 Å². The summed E-state index contributed by atoms with van der Waals surface area (Å²) in [6, 6.07) is 5.31. The standard InChI is InChI=1S/C17H18F3N3/c1-23-9-3-5-13(11-23)16-15(21-7-8-22-16)12-4-2-6-14(10-12)17(18,19)20/h2,4,6-8,10,13H,3,5,9,11H2,1H3/t13-/m1/s1. The molecule has 0 saturated carbocycles. The van der Waals surface area contributed by atoms with Gasteiger partial charge in [0.15, 0.2) is 0 Å². The molecule has 3 rings (SSSR count). The molecule has 23 heavy (non-hydrogen) atoms. The summed E-state index contributed by atoms with van der Waals surface area (Å²) in [4.78, 5) is 11.0. The lowest BCUT2D eigenvalue weighted by molar-refractivity contribution is -0.137. The predicted molar refractivity (Wildman–Crippen MR) is 81.9 cm³/mol. The number of piperidine rings is 1. The molecule has 0 bridgehead atoms. The molecule has 0 spiro atoms. The molecule has 0 amide bonds. The van der Waals surface area contributed by atoms with E-state index < -0.39 is 11.7 Å². The smallest absolute Gasteiger partial charge is 0.306 e. The van der Waals surface area contributed by atoms with Gasteiger partial charge in [0.1, 0.15) is 0 Å². The molecule has 6 heteroatoms.